The highest BCUT2D eigenvalue weighted by molar-refractivity contribution is 6.07. The molecule has 0 aliphatic carbocycles. The van der Waals surface area contributed by atoms with E-state index in [9.17, 15) is 0 Å². The molecule has 0 aliphatic heterocycles. The minimum atomic E-state index is 0.508. The standard InChI is InChI=1S/C56H70N8/c1-4-7-10-11-12-13-14-15-16-21-44(36-40-28-32-42(33-29-40)38-63-49(26-8-5-2)61-51-53(63)45-22-17-19-24-47(45)59-55(51)57)37-41-30-34-43(35-31-41)39-64-50(27-9-6-3)62-52-54(64)46-23-18-20-25-48(46)60-56(52)58/h17-20,22-25,28-35,44H,4-16,21,26-27,36-39H2,1-3H3,(H2,57,59)(H2,58,60). The molecule has 8 rings (SSSR count). The SMILES string of the molecule is CCCCCCCCCCCC(Cc1ccc(Cn2c(CCCC)nc3c(N)nc4ccccc4c32)cc1)Cc1ccc(Cn2c(CCCC)nc3c(N)nc4ccccc4c32)cc1. The van der Waals surface area contributed by atoms with Crippen molar-refractivity contribution in [3.05, 3.63) is 131 Å². The molecule has 0 spiro atoms. The third-order valence-electron chi connectivity index (χ3n) is 13.4. The first-order chi connectivity index (χ1) is 31.4. The van der Waals surface area contributed by atoms with Crippen molar-refractivity contribution in [2.75, 3.05) is 11.5 Å². The van der Waals surface area contributed by atoms with Crippen LogP contribution in [0.15, 0.2) is 97.1 Å². The quantitative estimate of drug-likeness (QED) is 0.0585. The number of nitrogens with zero attached hydrogens (tertiary/aromatic N) is 6. The average molecular weight is 855 g/mol. The predicted molar refractivity (Wildman–Crippen MR) is 270 cm³/mol. The lowest BCUT2D eigenvalue weighted by molar-refractivity contribution is 0.444. The molecule has 0 radical (unpaired) electrons. The van der Waals surface area contributed by atoms with Gasteiger partial charge >= 0.3 is 0 Å². The zero-order chi connectivity index (χ0) is 44.3. The van der Waals surface area contributed by atoms with Crippen LogP contribution in [0.2, 0.25) is 0 Å². The van der Waals surface area contributed by atoms with Crippen molar-refractivity contribution in [1.29, 1.82) is 0 Å². The first-order valence-electron chi connectivity index (χ1n) is 24.7. The number of nitrogens with two attached hydrogens (primary N) is 2. The van der Waals surface area contributed by atoms with E-state index in [4.69, 9.17) is 31.4 Å². The number of hydrogen-bond donors (Lipinski definition) is 2. The van der Waals surface area contributed by atoms with Crippen molar-refractivity contribution < 1.29 is 0 Å². The van der Waals surface area contributed by atoms with Crippen LogP contribution in [0.25, 0.3) is 43.9 Å². The summed E-state index contributed by atoms with van der Waals surface area (Å²) in [5, 5.41) is 2.21. The van der Waals surface area contributed by atoms with Crippen molar-refractivity contribution in [1.82, 2.24) is 29.1 Å². The van der Waals surface area contributed by atoms with Crippen molar-refractivity contribution in [2.45, 2.75) is 149 Å². The highest BCUT2D eigenvalue weighted by Crippen LogP contribution is 2.32. The van der Waals surface area contributed by atoms with E-state index in [1.807, 2.05) is 24.3 Å². The van der Waals surface area contributed by atoms with Crippen LogP contribution < -0.4 is 11.5 Å². The number of para-hydroxylation sites is 2. The first-order valence-corrected chi connectivity index (χ1v) is 24.7. The molecule has 8 aromatic rings. The summed E-state index contributed by atoms with van der Waals surface area (Å²) < 4.78 is 4.79. The van der Waals surface area contributed by atoms with Crippen LogP contribution in [-0.4, -0.2) is 29.1 Å². The Balaban J connectivity index is 0.995. The summed E-state index contributed by atoms with van der Waals surface area (Å²) >= 11 is 0. The van der Waals surface area contributed by atoms with Gasteiger partial charge in [0.1, 0.15) is 22.7 Å². The highest BCUT2D eigenvalue weighted by atomic mass is 15.1. The third kappa shape index (κ3) is 10.6. The molecular weight excluding hydrogens is 785 g/mol. The fraction of sp³-hybridized carbons (Fsp3) is 0.429. The Morgan fingerprint density at radius 2 is 0.828 bits per heavy atom. The average Bonchev–Trinajstić information content (AvgIpc) is 3.87. The largest absolute Gasteiger partial charge is 0.382 e. The summed E-state index contributed by atoms with van der Waals surface area (Å²) in [6.45, 7) is 8.28. The molecule has 4 aromatic carbocycles. The lowest BCUT2D eigenvalue weighted by atomic mass is 9.87. The van der Waals surface area contributed by atoms with Gasteiger partial charge in [0.05, 0.1) is 22.1 Å². The number of hydrogen-bond acceptors (Lipinski definition) is 6. The second-order valence-electron chi connectivity index (χ2n) is 18.4. The zero-order valence-electron chi connectivity index (χ0n) is 38.8. The third-order valence-corrected chi connectivity index (χ3v) is 13.4. The van der Waals surface area contributed by atoms with Crippen LogP contribution in [0.3, 0.4) is 0 Å². The number of nitrogen functional groups attached to an aromatic ring is 2. The van der Waals surface area contributed by atoms with E-state index in [2.05, 4.69) is 103 Å². The molecule has 8 nitrogen and oxygen atoms in total. The minimum absolute atomic E-state index is 0.508. The molecular formula is C56H70N8. The molecule has 4 heterocycles. The summed E-state index contributed by atoms with van der Waals surface area (Å²) in [5.41, 5.74) is 24.1. The number of fused-ring (bicyclic) bond motifs is 6. The number of aryl methyl sites for hydroxylation is 2. The van der Waals surface area contributed by atoms with Crippen molar-refractivity contribution in [3.63, 3.8) is 0 Å². The number of pyridine rings is 2. The van der Waals surface area contributed by atoms with Gasteiger partial charge in [-0.3, -0.25) is 0 Å². The number of anilines is 2. The molecule has 4 N–H and O–H groups in total. The van der Waals surface area contributed by atoms with E-state index < -0.39 is 0 Å². The van der Waals surface area contributed by atoms with Gasteiger partial charge in [-0.05, 0) is 72.4 Å². The maximum Gasteiger partial charge on any atom is 0.152 e. The summed E-state index contributed by atoms with van der Waals surface area (Å²) in [7, 11) is 0. The van der Waals surface area contributed by atoms with Crippen LogP contribution >= 0.6 is 0 Å². The predicted octanol–water partition coefficient (Wildman–Crippen LogP) is 13.8. The Morgan fingerprint density at radius 1 is 0.438 bits per heavy atom. The van der Waals surface area contributed by atoms with E-state index >= 15 is 0 Å². The van der Waals surface area contributed by atoms with E-state index in [1.54, 1.807) is 0 Å². The van der Waals surface area contributed by atoms with Gasteiger partial charge in [0, 0.05) is 36.7 Å². The van der Waals surface area contributed by atoms with Crippen molar-refractivity contribution >= 4 is 55.5 Å². The molecule has 4 aromatic heterocycles. The van der Waals surface area contributed by atoms with Gasteiger partial charge in [-0.2, -0.15) is 0 Å². The molecule has 64 heavy (non-hydrogen) atoms. The highest BCUT2D eigenvalue weighted by Gasteiger charge is 2.20. The summed E-state index contributed by atoms with van der Waals surface area (Å²) in [5.74, 6) is 3.76. The number of imidazole rings is 2. The maximum atomic E-state index is 6.53. The number of unbranched alkanes of at least 4 members (excludes halogenated alkanes) is 10. The molecule has 0 fully saturated rings. The molecule has 0 saturated carbocycles. The molecule has 0 bridgehead atoms. The topological polar surface area (TPSA) is 113 Å². The summed E-state index contributed by atoms with van der Waals surface area (Å²) in [6.07, 6.45) is 21.8. The van der Waals surface area contributed by atoms with Gasteiger partial charge in [0.2, 0.25) is 0 Å². The Hall–Kier alpha value is -5.76. The summed E-state index contributed by atoms with van der Waals surface area (Å²) in [6, 6.07) is 35.5. The molecule has 0 amide bonds. The van der Waals surface area contributed by atoms with Crippen LogP contribution in [0.4, 0.5) is 11.6 Å². The van der Waals surface area contributed by atoms with Gasteiger partial charge in [-0.1, -0.05) is 176 Å². The molecule has 0 atom stereocenters. The normalized spacial score (nSPS) is 11.9. The smallest absolute Gasteiger partial charge is 0.152 e. The van der Waals surface area contributed by atoms with Gasteiger partial charge in [0.25, 0.3) is 0 Å². The van der Waals surface area contributed by atoms with E-state index in [0.717, 1.165) is 120 Å². The van der Waals surface area contributed by atoms with Gasteiger partial charge in [-0.25, -0.2) is 19.9 Å². The summed E-state index contributed by atoms with van der Waals surface area (Å²) in [4.78, 5) is 19.6. The zero-order valence-corrected chi connectivity index (χ0v) is 38.8. The first kappa shape index (κ1) is 44.8. The van der Waals surface area contributed by atoms with Gasteiger partial charge < -0.3 is 20.6 Å². The van der Waals surface area contributed by atoms with Crippen LogP contribution in [-0.2, 0) is 38.8 Å². The maximum absolute atomic E-state index is 6.53. The van der Waals surface area contributed by atoms with Crippen molar-refractivity contribution in [3.8, 4) is 0 Å². The Labute approximate surface area is 380 Å². The van der Waals surface area contributed by atoms with Crippen molar-refractivity contribution in [2.24, 2.45) is 5.92 Å². The van der Waals surface area contributed by atoms with Crippen LogP contribution in [0.1, 0.15) is 145 Å². The van der Waals surface area contributed by atoms with E-state index in [0.29, 0.717) is 17.6 Å². The Kier molecular flexibility index (Phi) is 15.2. The molecule has 0 saturated heterocycles. The number of benzene rings is 4. The second kappa shape index (κ2) is 21.7. The number of rotatable bonds is 24. The van der Waals surface area contributed by atoms with E-state index in [1.165, 1.54) is 86.5 Å². The second-order valence-corrected chi connectivity index (χ2v) is 18.4. The van der Waals surface area contributed by atoms with Crippen LogP contribution in [0, 0.1) is 5.92 Å². The Morgan fingerprint density at radius 3 is 1.27 bits per heavy atom. The van der Waals surface area contributed by atoms with E-state index in [-0.39, 0.29) is 0 Å². The van der Waals surface area contributed by atoms with Gasteiger partial charge in [-0.15, -0.1) is 0 Å². The Bertz CT molecular complexity index is 2560. The molecule has 8 heteroatoms. The fourth-order valence-corrected chi connectivity index (χ4v) is 9.82. The molecule has 334 valence electrons. The minimum Gasteiger partial charge on any atom is -0.382 e. The molecule has 0 unspecified atom stereocenters. The fourth-order valence-electron chi connectivity index (χ4n) is 9.82. The van der Waals surface area contributed by atoms with Crippen LogP contribution in [0.5, 0.6) is 0 Å². The molecule has 0 aliphatic rings. The number of aromatic nitrogens is 6. The lowest BCUT2D eigenvalue weighted by Gasteiger charge is -2.19. The lowest BCUT2D eigenvalue weighted by Crippen LogP contribution is -2.10. The van der Waals surface area contributed by atoms with Gasteiger partial charge in [0.15, 0.2) is 11.6 Å². The monoisotopic (exact) mass is 855 g/mol.